The minimum atomic E-state index is -0.107. The Balaban J connectivity index is 1.66. The number of amides is 1. The van der Waals surface area contributed by atoms with E-state index in [9.17, 15) is 4.79 Å². The summed E-state index contributed by atoms with van der Waals surface area (Å²) in [5, 5.41) is 10.6. The quantitative estimate of drug-likeness (QED) is 0.845. The molecule has 112 valence electrons. The van der Waals surface area contributed by atoms with Crippen molar-refractivity contribution in [3.8, 4) is 5.75 Å². The molecule has 0 aliphatic rings. The van der Waals surface area contributed by atoms with Crippen molar-refractivity contribution >= 4 is 22.4 Å². The third-order valence-corrected chi connectivity index (χ3v) is 3.39. The van der Waals surface area contributed by atoms with Gasteiger partial charge in [-0.25, -0.2) is 0 Å². The monoisotopic (exact) mass is 306 g/mol. The van der Waals surface area contributed by atoms with Gasteiger partial charge in [-0.15, -0.1) is 10.2 Å². The molecule has 0 radical (unpaired) electrons. The predicted molar refractivity (Wildman–Crippen MR) is 82.7 cm³/mol. The van der Waals surface area contributed by atoms with Gasteiger partial charge in [-0.05, 0) is 26.1 Å². The number of anilines is 1. The highest BCUT2D eigenvalue weighted by Gasteiger charge is 2.08. The second-order valence-corrected chi connectivity index (χ2v) is 5.52. The number of hydrogen-bond donors (Lipinski definition) is 1. The molecular formula is C14H18N4O2S. The van der Waals surface area contributed by atoms with Crippen molar-refractivity contribution in [2.75, 3.05) is 32.1 Å². The largest absolute Gasteiger partial charge is 0.492 e. The highest BCUT2D eigenvalue weighted by molar-refractivity contribution is 7.13. The van der Waals surface area contributed by atoms with Crippen LogP contribution in [0.2, 0.25) is 0 Å². The van der Waals surface area contributed by atoms with Crippen LogP contribution in [0.1, 0.15) is 5.56 Å². The Labute approximate surface area is 127 Å². The van der Waals surface area contributed by atoms with Crippen LogP contribution in [0, 0.1) is 6.92 Å². The first kappa shape index (κ1) is 15.4. The Morgan fingerprint density at radius 3 is 2.81 bits per heavy atom. The highest BCUT2D eigenvalue weighted by Crippen LogP contribution is 2.11. The lowest BCUT2D eigenvalue weighted by Gasteiger charge is -2.16. The summed E-state index contributed by atoms with van der Waals surface area (Å²) in [5.74, 6) is 0.733. The average Bonchev–Trinajstić information content (AvgIpc) is 2.93. The molecule has 0 saturated carbocycles. The zero-order valence-electron chi connectivity index (χ0n) is 12.1. The summed E-state index contributed by atoms with van der Waals surface area (Å²) in [7, 11) is 1.87. The standard InChI is InChI=1S/C14H18N4O2S/c1-11-3-5-12(6-4-11)20-8-7-18(2)9-13(19)16-14-17-15-10-21-14/h3-6,10H,7-9H2,1-2H3,(H,16,17,19). The van der Waals surface area contributed by atoms with E-state index in [-0.39, 0.29) is 12.5 Å². The lowest BCUT2D eigenvalue weighted by atomic mass is 10.2. The molecule has 2 aromatic rings. The lowest BCUT2D eigenvalue weighted by Crippen LogP contribution is -2.33. The van der Waals surface area contributed by atoms with Gasteiger partial charge in [0.15, 0.2) is 0 Å². The number of nitrogens with one attached hydrogen (secondary N) is 1. The van der Waals surface area contributed by atoms with Crippen LogP contribution < -0.4 is 10.1 Å². The van der Waals surface area contributed by atoms with Gasteiger partial charge >= 0.3 is 0 Å². The number of ether oxygens (including phenoxy) is 1. The maximum Gasteiger partial charge on any atom is 0.240 e. The number of likely N-dealkylation sites (N-methyl/N-ethyl adjacent to an activating group) is 1. The minimum Gasteiger partial charge on any atom is -0.492 e. The van der Waals surface area contributed by atoms with Crippen molar-refractivity contribution in [2.45, 2.75) is 6.92 Å². The lowest BCUT2D eigenvalue weighted by molar-refractivity contribution is -0.117. The van der Waals surface area contributed by atoms with Crippen molar-refractivity contribution in [1.82, 2.24) is 15.1 Å². The fourth-order valence-electron chi connectivity index (χ4n) is 1.66. The zero-order valence-corrected chi connectivity index (χ0v) is 12.9. The summed E-state index contributed by atoms with van der Waals surface area (Å²) in [6, 6.07) is 7.90. The first-order valence-electron chi connectivity index (χ1n) is 6.57. The van der Waals surface area contributed by atoms with Crippen LogP contribution in [0.15, 0.2) is 29.8 Å². The van der Waals surface area contributed by atoms with E-state index >= 15 is 0 Å². The van der Waals surface area contributed by atoms with E-state index in [0.29, 0.717) is 18.3 Å². The summed E-state index contributed by atoms with van der Waals surface area (Å²) < 4.78 is 5.63. The predicted octanol–water partition coefficient (Wildman–Crippen LogP) is 1.80. The molecule has 0 saturated heterocycles. The number of aromatic nitrogens is 2. The normalized spacial score (nSPS) is 10.6. The molecule has 1 N–H and O–H groups in total. The van der Waals surface area contributed by atoms with Gasteiger partial charge in [-0.2, -0.15) is 0 Å². The van der Waals surface area contributed by atoms with Crippen molar-refractivity contribution in [3.05, 3.63) is 35.3 Å². The number of aryl methyl sites for hydroxylation is 1. The summed E-state index contributed by atoms with van der Waals surface area (Å²) in [6.45, 7) is 3.52. The summed E-state index contributed by atoms with van der Waals surface area (Å²) in [4.78, 5) is 13.6. The van der Waals surface area contributed by atoms with Crippen LogP contribution in [0.4, 0.5) is 5.13 Å². The van der Waals surface area contributed by atoms with Crippen molar-refractivity contribution in [2.24, 2.45) is 0 Å². The molecule has 6 nitrogen and oxygen atoms in total. The van der Waals surface area contributed by atoms with E-state index in [1.807, 2.05) is 43.1 Å². The first-order valence-corrected chi connectivity index (χ1v) is 7.45. The van der Waals surface area contributed by atoms with Gasteiger partial charge in [0.25, 0.3) is 0 Å². The van der Waals surface area contributed by atoms with Gasteiger partial charge in [0.05, 0.1) is 6.54 Å². The first-order chi connectivity index (χ1) is 10.1. The van der Waals surface area contributed by atoms with Crippen molar-refractivity contribution in [3.63, 3.8) is 0 Å². The van der Waals surface area contributed by atoms with Gasteiger partial charge in [0.1, 0.15) is 17.9 Å². The molecule has 0 spiro atoms. The smallest absolute Gasteiger partial charge is 0.240 e. The van der Waals surface area contributed by atoms with Crippen molar-refractivity contribution in [1.29, 1.82) is 0 Å². The van der Waals surface area contributed by atoms with E-state index < -0.39 is 0 Å². The molecule has 1 heterocycles. The molecule has 2 rings (SSSR count). The molecule has 0 fully saturated rings. The number of carbonyl (C=O) groups is 1. The zero-order chi connectivity index (χ0) is 15.1. The molecule has 1 aromatic carbocycles. The molecule has 1 amide bonds. The highest BCUT2D eigenvalue weighted by atomic mass is 32.1. The number of carbonyl (C=O) groups excluding carboxylic acids is 1. The summed E-state index contributed by atoms with van der Waals surface area (Å²) in [6.07, 6.45) is 0. The van der Waals surface area contributed by atoms with E-state index in [2.05, 4.69) is 15.5 Å². The molecule has 0 aliphatic carbocycles. The van der Waals surface area contributed by atoms with E-state index in [1.165, 1.54) is 16.9 Å². The molecule has 0 atom stereocenters. The topological polar surface area (TPSA) is 67.3 Å². The average molecular weight is 306 g/mol. The Bertz CT molecular complexity index is 557. The Morgan fingerprint density at radius 2 is 2.14 bits per heavy atom. The van der Waals surface area contributed by atoms with Gasteiger partial charge < -0.3 is 4.74 Å². The van der Waals surface area contributed by atoms with Gasteiger partial charge in [-0.1, -0.05) is 29.0 Å². The minimum absolute atomic E-state index is 0.107. The maximum atomic E-state index is 11.7. The van der Waals surface area contributed by atoms with E-state index in [1.54, 1.807) is 5.51 Å². The van der Waals surface area contributed by atoms with Crippen LogP contribution in [-0.2, 0) is 4.79 Å². The van der Waals surface area contributed by atoms with E-state index in [4.69, 9.17) is 4.74 Å². The van der Waals surface area contributed by atoms with Gasteiger partial charge in [0.2, 0.25) is 11.0 Å². The molecule has 1 aromatic heterocycles. The second kappa shape index (κ2) is 7.70. The maximum absolute atomic E-state index is 11.7. The SMILES string of the molecule is Cc1ccc(OCCN(C)CC(=O)Nc2nncs2)cc1. The molecule has 21 heavy (non-hydrogen) atoms. The number of benzene rings is 1. The number of rotatable bonds is 7. The fourth-order valence-corrected chi connectivity index (χ4v) is 2.13. The molecule has 0 bridgehead atoms. The van der Waals surface area contributed by atoms with Crippen LogP contribution >= 0.6 is 11.3 Å². The second-order valence-electron chi connectivity index (χ2n) is 4.69. The van der Waals surface area contributed by atoms with Gasteiger partial charge in [0, 0.05) is 6.54 Å². The Kier molecular flexibility index (Phi) is 5.65. The van der Waals surface area contributed by atoms with Crippen LogP contribution in [0.25, 0.3) is 0 Å². The summed E-state index contributed by atoms with van der Waals surface area (Å²) >= 11 is 1.30. The van der Waals surface area contributed by atoms with Crippen LogP contribution in [0.5, 0.6) is 5.75 Å². The summed E-state index contributed by atoms with van der Waals surface area (Å²) in [5.41, 5.74) is 2.78. The van der Waals surface area contributed by atoms with Crippen molar-refractivity contribution < 1.29 is 9.53 Å². The molecular weight excluding hydrogens is 288 g/mol. The molecule has 0 unspecified atom stereocenters. The van der Waals surface area contributed by atoms with Gasteiger partial charge in [-0.3, -0.25) is 15.0 Å². The third-order valence-electron chi connectivity index (χ3n) is 2.78. The van der Waals surface area contributed by atoms with Crippen LogP contribution in [0.3, 0.4) is 0 Å². The Hall–Kier alpha value is -1.99. The fraction of sp³-hybridized carbons (Fsp3) is 0.357. The molecule has 7 heteroatoms. The molecule has 0 aliphatic heterocycles. The van der Waals surface area contributed by atoms with E-state index in [0.717, 1.165) is 5.75 Å². The number of nitrogens with zero attached hydrogens (tertiary/aromatic N) is 3. The third kappa shape index (κ3) is 5.49. The van der Waals surface area contributed by atoms with Crippen LogP contribution in [-0.4, -0.2) is 47.7 Å². The Morgan fingerprint density at radius 1 is 1.38 bits per heavy atom. The number of hydrogen-bond acceptors (Lipinski definition) is 6.